The highest BCUT2D eigenvalue weighted by molar-refractivity contribution is 7.91. The third kappa shape index (κ3) is 6.65. The first-order chi connectivity index (χ1) is 11.8. The molecule has 4 N–H and O–H groups in total. The first-order valence-electron chi connectivity index (χ1n) is 7.53. The van der Waals surface area contributed by atoms with Crippen LogP contribution in [0.2, 0.25) is 0 Å². The lowest BCUT2D eigenvalue weighted by Gasteiger charge is -2.06. The molecule has 2 aromatic rings. The van der Waals surface area contributed by atoms with Crippen LogP contribution < -0.4 is 15.8 Å². The van der Waals surface area contributed by atoms with Crippen molar-refractivity contribution in [3.63, 3.8) is 0 Å². The van der Waals surface area contributed by atoms with Gasteiger partial charge in [-0.25, -0.2) is 13.6 Å². The van der Waals surface area contributed by atoms with Gasteiger partial charge in [0.15, 0.2) is 0 Å². The summed E-state index contributed by atoms with van der Waals surface area (Å²) in [6.07, 6.45) is 0.419. The lowest BCUT2D eigenvalue weighted by molar-refractivity contribution is -0.122. The molecule has 7 nitrogen and oxygen atoms in total. The second-order valence-electron chi connectivity index (χ2n) is 5.30. The van der Waals surface area contributed by atoms with Crippen molar-refractivity contribution >= 4 is 33.2 Å². The predicted molar refractivity (Wildman–Crippen MR) is 95.3 cm³/mol. The molecule has 0 aliphatic carbocycles. The van der Waals surface area contributed by atoms with Crippen molar-refractivity contribution in [2.75, 3.05) is 6.54 Å². The Balaban J connectivity index is 1.67. The molecular weight excluding hydrogens is 362 g/mol. The molecule has 1 heterocycles. The van der Waals surface area contributed by atoms with E-state index >= 15 is 0 Å². The molecule has 0 fully saturated rings. The van der Waals surface area contributed by atoms with Crippen LogP contribution in [0.1, 0.15) is 16.9 Å². The van der Waals surface area contributed by atoms with Crippen LogP contribution in [0.4, 0.5) is 0 Å². The number of primary sulfonamides is 1. The SMILES string of the molecule is NS(=O)(=O)c1ccc(CNC(=O)CCNC(=O)Cc2ccccc2)s1. The van der Waals surface area contributed by atoms with E-state index < -0.39 is 10.0 Å². The minimum absolute atomic E-state index is 0.0601. The monoisotopic (exact) mass is 381 g/mol. The fourth-order valence-electron chi connectivity index (χ4n) is 2.04. The quantitative estimate of drug-likeness (QED) is 0.625. The fourth-order valence-corrected chi connectivity index (χ4v) is 3.76. The van der Waals surface area contributed by atoms with Crippen LogP contribution in [0.25, 0.3) is 0 Å². The Kier molecular flexibility index (Phi) is 6.68. The van der Waals surface area contributed by atoms with Gasteiger partial charge in [-0.05, 0) is 17.7 Å². The zero-order valence-electron chi connectivity index (χ0n) is 13.4. The highest BCUT2D eigenvalue weighted by atomic mass is 32.2. The molecule has 0 atom stereocenters. The maximum Gasteiger partial charge on any atom is 0.247 e. The van der Waals surface area contributed by atoms with Crippen molar-refractivity contribution in [2.45, 2.75) is 23.6 Å². The molecule has 2 rings (SSSR count). The number of nitrogens with two attached hydrogens (primary N) is 1. The Morgan fingerprint density at radius 2 is 1.72 bits per heavy atom. The predicted octanol–water partition coefficient (Wildman–Crippen LogP) is 0.761. The highest BCUT2D eigenvalue weighted by Gasteiger charge is 2.11. The summed E-state index contributed by atoms with van der Waals surface area (Å²) in [4.78, 5) is 24.2. The molecule has 0 bridgehead atoms. The van der Waals surface area contributed by atoms with E-state index in [1.807, 2.05) is 30.3 Å². The molecule has 9 heteroatoms. The van der Waals surface area contributed by atoms with Crippen molar-refractivity contribution in [2.24, 2.45) is 5.14 Å². The second-order valence-corrected chi connectivity index (χ2v) is 8.26. The number of sulfonamides is 1. The second kappa shape index (κ2) is 8.75. The topological polar surface area (TPSA) is 118 Å². The summed E-state index contributed by atoms with van der Waals surface area (Å²) in [6, 6.07) is 12.3. The summed E-state index contributed by atoms with van der Waals surface area (Å²) in [7, 11) is -3.71. The van der Waals surface area contributed by atoms with E-state index in [0.29, 0.717) is 4.88 Å². The van der Waals surface area contributed by atoms with Crippen LogP contribution in [-0.2, 0) is 32.6 Å². The van der Waals surface area contributed by atoms with Crippen molar-refractivity contribution in [1.82, 2.24) is 10.6 Å². The van der Waals surface area contributed by atoms with Gasteiger partial charge in [0.1, 0.15) is 4.21 Å². The molecule has 25 heavy (non-hydrogen) atoms. The van der Waals surface area contributed by atoms with Crippen LogP contribution >= 0.6 is 11.3 Å². The minimum atomic E-state index is -3.71. The van der Waals surface area contributed by atoms with Crippen molar-refractivity contribution in [1.29, 1.82) is 0 Å². The van der Waals surface area contributed by atoms with Gasteiger partial charge >= 0.3 is 0 Å². The lowest BCUT2D eigenvalue weighted by atomic mass is 10.1. The van der Waals surface area contributed by atoms with Gasteiger partial charge in [-0.2, -0.15) is 0 Å². The van der Waals surface area contributed by atoms with Gasteiger partial charge in [-0.1, -0.05) is 30.3 Å². The summed E-state index contributed by atoms with van der Waals surface area (Å²) in [5.74, 6) is -0.374. The maximum absolute atomic E-state index is 11.8. The number of amides is 2. The highest BCUT2D eigenvalue weighted by Crippen LogP contribution is 2.19. The first kappa shape index (κ1) is 19.1. The lowest BCUT2D eigenvalue weighted by Crippen LogP contribution is -2.31. The van der Waals surface area contributed by atoms with Crippen LogP contribution in [-0.4, -0.2) is 26.8 Å². The molecule has 134 valence electrons. The molecule has 2 amide bonds. The number of benzene rings is 1. The van der Waals surface area contributed by atoms with Crippen LogP contribution in [0.3, 0.4) is 0 Å². The number of hydrogen-bond donors (Lipinski definition) is 3. The van der Waals surface area contributed by atoms with Gasteiger partial charge in [-0.3, -0.25) is 9.59 Å². The van der Waals surface area contributed by atoms with E-state index in [-0.39, 0.29) is 42.0 Å². The summed E-state index contributed by atoms with van der Waals surface area (Å²) >= 11 is 1.01. The Hall–Kier alpha value is -2.23. The zero-order chi connectivity index (χ0) is 18.3. The number of carbonyl (C=O) groups excluding carboxylic acids is 2. The van der Waals surface area contributed by atoms with E-state index in [9.17, 15) is 18.0 Å². The number of nitrogens with one attached hydrogen (secondary N) is 2. The summed E-state index contributed by atoms with van der Waals surface area (Å²) in [5.41, 5.74) is 0.910. The van der Waals surface area contributed by atoms with Crippen LogP contribution in [0, 0.1) is 0 Å². The van der Waals surface area contributed by atoms with Gasteiger partial charge in [0.25, 0.3) is 0 Å². The van der Waals surface area contributed by atoms with Gasteiger partial charge in [-0.15, -0.1) is 11.3 Å². The van der Waals surface area contributed by atoms with Gasteiger partial charge in [0, 0.05) is 17.8 Å². The van der Waals surface area contributed by atoms with E-state index in [1.165, 1.54) is 6.07 Å². The van der Waals surface area contributed by atoms with E-state index in [1.54, 1.807) is 6.07 Å². The molecule has 0 radical (unpaired) electrons. The van der Waals surface area contributed by atoms with Gasteiger partial charge in [0.2, 0.25) is 21.8 Å². The number of carbonyl (C=O) groups is 2. The molecule has 0 spiro atoms. The number of hydrogen-bond acceptors (Lipinski definition) is 5. The molecular formula is C16H19N3O4S2. The Morgan fingerprint density at radius 1 is 1.00 bits per heavy atom. The van der Waals surface area contributed by atoms with E-state index in [2.05, 4.69) is 10.6 Å². The largest absolute Gasteiger partial charge is 0.355 e. The third-order valence-corrected chi connectivity index (χ3v) is 5.78. The van der Waals surface area contributed by atoms with Crippen LogP contribution in [0.5, 0.6) is 0 Å². The minimum Gasteiger partial charge on any atom is -0.355 e. The van der Waals surface area contributed by atoms with Crippen LogP contribution in [0.15, 0.2) is 46.7 Å². The number of thiophene rings is 1. The smallest absolute Gasteiger partial charge is 0.247 e. The normalized spacial score (nSPS) is 11.1. The number of rotatable bonds is 8. The standard InChI is InChI=1S/C16H19N3O4S2/c17-25(22,23)16-7-6-13(24-16)11-19-14(20)8-9-18-15(21)10-12-4-2-1-3-5-12/h1-7H,8-11H2,(H,18,21)(H,19,20)(H2,17,22,23). The zero-order valence-corrected chi connectivity index (χ0v) is 15.0. The van der Waals surface area contributed by atoms with Gasteiger partial charge in [0.05, 0.1) is 13.0 Å². The summed E-state index contributed by atoms with van der Waals surface area (Å²) < 4.78 is 22.4. The third-order valence-electron chi connectivity index (χ3n) is 3.26. The Bertz CT molecular complexity index is 832. The van der Waals surface area contributed by atoms with Gasteiger partial charge < -0.3 is 10.6 Å². The average Bonchev–Trinajstić information content (AvgIpc) is 3.03. The molecule has 1 aromatic heterocycles. The first-order valence-corrected chi connectivity index (χ1v) is 9.90. The molecule has 0 saturated carbocycles. The summed E-state index contributed by atoms with van der Waals surface area (Å²) in [5, 5.41) is 10.4. The van der Waals surface area contributed by atoms with Crippen molar-refractivity contribution in [3.8, 4) is 0 Å². The molecule has 1 aromatic carbocycles. The van der Waals surface area contributed by atoms with Crippen molar-refractivity contribution in [3.05, 3.63) is 52.9 Å². The molecule has 0 aliphatic heterocycles. The van der Waals surface area contributed by atoms with E-state index in [0.717, 1.165) is 16.9 Å². The average molecular weight is 381 g/mol. The molecule has 0 aliphatic rings. The Labute approximate surface area is 150 Å². The van der Waals surface area contributed by atoms with Crippen molar-refractivity contribution < 1.29 is 18.0 Å². The van der Waals surface area contributed by atoms with E-state index in [4.69, 9.17) is 5.14 Å². The Morgan fingerprint density at radius 3 is 2.36 bits per heavy atom. The molecule has 0 saturated heterocycles. The summed E-state index contributed by atoms with van der Waals surface area (Å²) in [6.45, 7) is 0.460. The fraction of sp³-hybridized carbons (Fsp3) is 0.250. The maximum atomic E-state index is 11.8. The molecule has 0 unspecified atom stereocenters.